The summed E-state index contributed by atoms with van der Waals surface area (Å²) in [6, 6.07) is 4.82. The quantitative estimate of drug-likeness (QED) is 0.492. The van der Waals surface area contributed by atoms with E-state index >= 15 is 0 Å². The number of nitrogens with one attached hydrogen (secondary N) is 3. The number of halogens is 1. The predicted octanol–water partition coefficient (Wildman–Crippen LogP) is 2.98. The van der Waals surface area contributed by atoms with Crippen molar-refractivity contribution < 1.29 is 4.39 Å². The summed E-state index contributed by atoms with van der Waals surface area (Å²) in [7, 11) is 1.75. The summed E-state index contributed by atoms with van der Waals surface area (Å²) in [6.07, 6.45) is 4.63. The maximum Gasteiger partial charge on any atom is 0.191 e. The molecule has 0 saturated heterocycles. The van der Waals surface area contributed by atoms with Gasteiger partial charge in [0, 0.05) is 41.8 Å². The van der Waals surface area contributed by atoms with Crippen molar-refractivity contribution in [1.29, 1.82) is 0 Å². The summed E-state index contributed by atoms with van der Waals surface area (Å²) < 4.78 is 13.2. The van der Waals surface area contributed by atoms with Gasteiger partial charge in [0.15, 0.2) is 5.96 Å². The number of guanidine groups is 1. The van der Waals surface area contributed by atoms with Gasteiger partial charge < -0.3 is 15.6 Å². The molecular weight excluding hydrogens is 325 g/mol. The average Bonchev–Trinajstić information content (AvgIpc) is 3.16. The van der Waals surface area contributed by atoms with Gasteiger partial charge in [-0.25, -0.2) is 9.37 Å². The van der Waals surface area contributed by atoms with Crippen molar-refractivity contribution in [3.8, 4) is 0 Å². The van der Waals surface area contributed by atoms with E-state index in [9.17, 15) is 4.39 Å². The molecule has 5 nitrogen and oxygen atoms in total. The van der Waals surface area contributed by atoms with Crippen LogP contribution in [-0.4, -0.2) is 29.5 Å². The number of aliphatic imine (C=N–C) groups is 1. The zero-order valence-electron chi connectivity index (χ0n) is 13.7. The SMILES string of the molecule is CN=C(NCCc1c[nH]c2cc(F)ccc12)NCc1ncc(C)s1. The number of H-pyrrole nitrogens is 1. The molecule has 126 valence electrons. The van der Waals surface area contributed by atoms with Crippen LogP contribution in [-0.2, 0) is 13.0 Å². The van der Waals surface area contributed by atoms with Crippen LogP contribution in [0.2, 0.25) is 0 Å². The zero-order valence-corrected chi connectivity index (χ0v) is 14.5. The third-order valence-electron chi connectivity index (χ3n) is 3.72. The molecule has 0 aliphatic heterocycles. The Morgan fingerprint density at radius 3 is 3.00 bits per heavy atom. The molecule has 2 heterocycles. The molecule has 0 aliphatic rings. The van der Waals surface area contributed by atoms with Gasteiger partial charge in [-0.3, -0.25) is 4.99 Å². The van der Waals surface area contributed by atoms with Gasteiger partial charge in [0.05, 0.1) is 6.54 Å². The van der Waals surface area contributed by atoms with Gasteiger partial charge in [-0.1, -0.05) is 0 Å². The van der Waals surface area contributed by atoms with Crippen LogP contribution in [0.1, 0.15) is 15.4 Å². The second-order valence-corrected chi connectivity index (χ2v) is 6.79. The summed E-state index contributed by atoms with van der Waals surface area (Å²) in [5.41, 5.74) is 1.98. The predicted molar refractivity (Wildman–Crippen MR) is 97.0 cm³/mol. The van der Waals surface area contributed by atoms with E-state index in [0.29, 0.717) is 6.54 Å². The Labute approximate surface area is 144 Å². The second kappa shape index (κ2) is 7.44. The number of aromatic nitrogens is 2. The summed E-state index contributed by atoms with van der Waals surface area (Å²) >= 11 is 1.67. The van der Waals surface area contributed by atoms with Crippen molar-refractivity contribution in [3.05, 3.63) is 51.9 Å². The number of benzene rings is 1. The number of hydrogen-bond donors (Lipinski definition) is 3. The molecule has 0 fully saturated rings. The van der Waals surface area contributed by atoms with Crippen LogP contribution >= 0.6 is 11.3 Å². The molecule has 1 aromatic carbocycles. The normalized spacial score (nSPS) is 11.9. The fourth-order valence-electron chi connectivity index (χ4n) is 2.54. The molecule has 0 aliphatic carbocycles. The fourth-order valence-corrected chi connectivity index (χ4v) is 3.27. The number of thiazole rings is 1. The highest BCUT2D eigenvalue weighted by Gasteiger charge is 2.06. The summed E-state index contributed by atoms with van der Waals surface area (Å²) in [4.78, 5) is 12.8. The Kier molecular flexibility index (Phi) is 5.10. The molecule has 7 heteroatoms. The number of hydrogen-bond acceptors (Lipinski definition) is 3. The molecule has 0 saturated carbocycles. The molecular formula is C17H20FN5S. The Morgan fingerprint density at radius 1 is 1.38 bits per heavy atom. The van der Waals surface area contributed by atoms with Gasteiger partial charge in [-0.2, -0.15) is 0 Å². The van der Waals surface area contributed by atoms with Gasteiger partial charge in [-0.05, 0) is 37.1 Å². The van der Waals surface area contributed by atoms with E-state index in [1.54, 1.807) is 18.4 Å². The van der Waals surface area contributed by atoms with E-state index in [1.165, 1.54) is 17.0 Å². The first kappa shape index (κ1) is 16.4. The fraction of sp³-hybridized carbons (Fsp3) is 0.294. The van der Waals surface area contributed by atoms with Crippen LogP contribution in [0, 0.1) is 12.7 Å². The molecule has 0 amide bonds. The van der Waals surface area contributed by atoms with Crippen molar-refractivity contribution >= 4 is 28.2 Å². The molecule has 0 radical (unpaired) electrons. The number of fused-ring (bicyclic) bond motifs is 1. The van der Waals surface area contributed by atoms with Gasteiger partial charge in [0.2, 0.25) is 0 Å². The lowest BCUT2D eigenvalue weighted by Crippen LogP contribution is -2.37. The van der Waals surface area contributed by atoms with E-state index in [0.717, 1.165) is 40.4 Å². The van der Waals surface area contributed by atoms with Crippen molar-refractivity contribution in [2.75, 3.05) is 13.6 Å². The lowest BCUT2D eigenvalue weighted by Gasteiger charge is -2.10. The second-order valence-electron chi connectivity index (χ2n) is 5.47. The van der Waals surface area contributed by atoms with Crippen molar-refractivity contribution in [3.63, 3.8) is 0 Å². The molecule has 0 spiro atoms. The van der Waals surface area contributed by atoms with Crippen molar-refractivity contribution in [2.24, 2.45) is 4.99 Å². The van der Waals surface area contributed by atoms with E-state index in [2.05, 4.69) is 25.6 Å². The highest BCUT2D eigenvalue weighted by Crippen LogP contribution is 2.19. The summed E-state index contributed by atoms with van der Waals surface area (Å²) in [6.45, 7) is 3.44. The number of aryl methyl sites for hydroxylation is 1. The Hall–Kier alpha value is -2.41. The molecule has 3 aromatic rings. The lowest BCUT2D eigenvalue weighted by atomic mass is 10.1. The average molecular weight is 345 g/mol. The molecule has 24 heavy (non-hydrogen) atoms. The van der Waals surface area contributed by atoms with Gasteiger partial charge in [-0.15, -0.1) is 11.3 Å². The Bertz CT molecular complexity index is 852. The third-order valence-corrected chi connectivity index (χ3v) is 4.63. The van der Waals surface area contributed by atoms with Gasteiger partial charge >= 0.3 is 0 Å². The third kappa shape index (κ3) is 3.91. The zero-order chi connectivity index (χ0) is 16.9. The highest BCUT2D eigenvalue weighted by molar-refractivity contribution is 7.11. The highest BCUT2D eigenvalue weighted by atomic mass is 32.1. The summed E-state index contributed by atoms with van der Waals surface area (Å²) in [5, 5.41) is 8.63. The van der Waals surface area contributed by atoms with Crippen LogP contribution < -0.4 is 10.6 Å². The molecule has 3 N–H and O–H groups in total. The monoisotopic (exact) mass is 345 g/mol. The molecule has 0 atom stereocenters. The van der Waals surface area contributed by atoms with Crippen LogP contribution in [0.25, 0.3) is 10.9 Å². The van der Waals surface area contributed by atoms with E-state index in [4.69, 9.17) is 0 Å². The van der Waals surface area contributed by atoms with Gasteiger partial charge in [0.1, 0.15) is 10.8 Å². The van der Waals surface area contributed by atoms with Crippen LogP contribution in [0.5, 0.6) is 0 Å². The maximum atomic E-state index is 13.2. The lowest BCUT2D eigenvalue weighted by molar-refractivity contribution is 0.629. The van der Waals surface area contributed by atoms with Crippen molar-refractivity contribution in [2.45, 2.75) is 19.9 Å². The minimum Gasteiger partial charge on any atom is -0.361 e. The van der Waals surface area contributed by atoms with E-state index in [1.807, 2.05) is 25.4 Å². The smallest absolute Gasteiger partial charge is 0.191 e. The number of nitrogens with zero attached hydrogens (tertiary/aromatic N) is 2. The molecule has 0 unspecified atom stereocenters. The molecule has 3 rings (SSSR count). The van der Waals surface area contributed by atoms with Crippen LogP contribution in [0.15, 0.2) is 35.6 Å². The minimum absolute atomic E-state index is 0.226. The topological polar surface area (TPSA) is 65.1 Å². The molecule has 0 bridgehead atoms. The maximum absolute atomic E-state index is 13.2. The van der Waals surface area contributed by atoms with Crippen LogP contribution in [0.3, 0.4) is 0 Å². The first-order valence-corrected chi connectivity index (χ1v) is 8.58. The minimum atomic E-state index is -0.226. The number of rotatable bonds is 5. The van der Waals surface area contributed by atoms with E-state index in [-0.39, 0.29) is 5.82 Å². The number of aromatic amines is 1. The first-order chi connectivity index (χ1) is 11.7. The van der Waals surface area contributed by atoms with Crippen LogP contribution in [0.4, 0.5) is 4.39 Å². The standard InChI is InChI=1S/C17H20FN5S/c1-11-8-22-16(24-11)10-23-17(19-2)20-6-5-12-9-21-15-7-13(18)3-4-14(12)15/h3-4,7-9,21H,5-6,10H2,1-2H3,(H2,19,20,23). The molecule has 2 aromatic heterocycles. The Balaban J connectivity index is 1.52. The van der Waals surface area contributed by atoms with Gasteiger partial charge in [0.25, 0.3) is 0 Å². The van der Waals surface area contributed by atoms with E-state index < -0.39 is 0 Å². The summed E-state index contributed by atoms with van der Waals surface area (Å²) in [5.74, 6) is 0.518. The van der Waals surface area contributed by atoms with Crippen molar-refractivity contribution in [1.82, 2.24) is 20.6 Å². The first-order valence-electron chi connectivity index (χ1n) is 7.77. The largest absolute Gasteiger partial charge is 0.361 e. The Morgan fingerprint density at radius 2 is 2.25 bits per heavy atom.